The second kappa shape index (κ2) is 8.51. The van der Waals surface area contributed by atoms with Crippen LogP contribution in [0.2, 0.25) is 0 Å². The van der Waals surface area contributed by atoms with Crippen molar-refractivity contribution in [3.63, 3.8) is 0 Å². The number of benzene rings is 1. The Morgan fingerprint density at radius 1 is 1.38 bits per heavy atom. The van der Waals surface area contributed by atoms with E-state index in [4.69, 9.17) is 10.5 Å². The lowest BCUT2D eigenvalue weighted by Gasteiger charge is -2.23. The number of alkyl halides is 2. The van der Waals surface area contributed by atoms with Crippen LogP contribution < -0.4 is 10.5 Å². The molecule has 120 valence electrons. The van der Waals surface area contributed by atoms with E-state index in [2.05, 4.69) is 20.7 Å². The molecular formula is C13H17BrClF2NO3. The monoisotopic (exact) mass is 387 g/mol. The molecule has 0 fully saturated rings. The van der Waals surface area contributed by atoms with Crippen LogP contribution in [0.5, 0.6) is 5.75 Å². The summed E-state index contributed by atoms with van der Waals surface area (Å²) in [5.41, 5.74) is 5.59. The molecule has 0 unspecified atom stereocenters. The maximum absolute atomic E-state index is 14.0. The van der Waals surface area contributed by atoms with Gasteiger partial charge in [-0.3, -0.25) is 0 Å². The van der Waals surface area contributed by atoms with Gasteiger partial charge in [-0.1, -0.05) is 15.9 Å². The molecule has 0 aliphatic rings. The SMILES string of the molecule is CCOC(=O)C(F)(F)[C@@H](N)c1cc(Br)ccc1OCC.Cl. The Labute approximate surface area is 136 Å². The molecule has 0 radical (unpaired) electrons. The Morgan fingerprint density at radius 3 is 2.52 bits per heavy atom. The van der Waals surface area contributed by atoms with E-state index < -0.39 is 17.9 Å². The van der Waals surface area contributed by atoms with Crippen LogP contribution >= 0.6 is 28.3 Å². The first-order valence-electron chi connectivity index (χ1n) is 6.07. The van der Waals surface area contributed by atoms with Gasteiger partial charge in [0.25, 0.3) is 0 Å². The average molecular weight is 389 g/mol. The largest absolute Gasteiger partial charge is 0.494 e. The molecular weight excluding hydrogens is 372 g/mol. The highest BCUT2D eigenvalue weighted by molar-refractivity contribution is 9.10. The maximum atomic E-state index is 14.0. The zero-order valence-electron chi connectivity index (χ0n) is 11.6. The van der Waals surface area contributed by atoms with Crippen LogP contribution in [0.3, 0.4) is 0 Å². The van der Waals surface area contributed by atoms with Gasteiger partial charge in [0.1, 0.15) is 11.8 Å². The van der Waals surface area contributed by atoms with Crippen molar-refractivity contribution in [3.05, 3.63) is 28.2 Å². The molecule has 1 aromatic carbocycles. The molecule has 1 atom stereocenters. The van der Waals surface area contributed by atoms with E-state index >= 15 is 0 Å². The molecule has 0 aliphatic heterocycles. The fourth-order valence-corrected chi connectivity index (χ4v) is 1.98. The predicted molar refractivity (Wildman–Crippen MR) is 81.1 cm³/mol. The predicted octanol–water partition coefficient (Wildman–Crippen LogP) is 3.47. The number of ether oxygens (including phenoxy) is 2. The van der Waals surface area contributed by atoms with Crippen LogP contribution in [0.4, 0.5) is 8.78 Å². The van der Waals surface area contributed by atoms with E-state index in [0.29, 0.717) is 11.1 Å². The van der Waals surface area contributed by atoms with E-state index in [9.17, 15) is 13.6 Å². The van der Waals surface area contributed by atoms with E-state index in [1.54, 1.807) is 13.0 Å². The summed E-state index contributed by atoms with van der Waals surface area (Å²) in [6.07, 6.45) is 0. The number of esters is 1. The Balaban J connectivity index is 0.00000400. The standard InChI is InChI=1S/C13H16BrF2NO3.ClH/c1-3-19-10-6-5-8(14)7-9(10)11(17)13(15,16)12(18)20-4-2;/h5-7,11H,3-4,17H2,1-2H3;1H/t11-;/m0./s1. The second-order valence-corrected chi connectivity index (χ2v) is 4.85. The van der Waals surface area contributed by atoms with Crippen LogP contribution in [0.25, 0.3) is 0 Å². The van der Waals surface area contributed by atoms with Gasteiger partial charge in [0.05, 0.1) is 13.2 Å². The molecule has 0 saturated heterocycles. The van der Waals surface area contributed by atoms with Gasteiger partial charge >= 0.3 is 11.9 Å². The van der Waals surface area contributed by atoms with Crippen molar-refractivity contribution < 1.29 is 23.0 Å². The minimum Gasteiger partial charge on any atom is -0.494 e. The molecule has 0 saturated carbocycles. The van der Waals surface area contributed by atoms with Gasteiger partial charge in [-0.2, -0.15) is 8.78 Å². The van der Waals surface area contributed by atoms with E-state index in [1.807, 2.05) is 0 Å². The maximum Gasteiger partial charge on any atom is 0.379 e. The average Bonchev–Trinajstić information content (AvgIpc) is 2.40. The molecule has 0 aliphatic carbocycles. The third-order valence-corrected chi connectivity index (χ3v) is 3.04. The Bertz CT molecular complexity index is 488. The molecule has 0 amide bonds. The van der Waals surface area contributed by atoms with Crippen molar-refractivity contribution >= 4 is 34.3 Å². The molecule has 0 spiro atoms. The lowest BCUT2D eigenvalue weighted by Crippen LogP contribution is -2.42. The molecule has 0 bridgehead atoms. The minimum absolute atomic E-state index is 0. The Morgan fingerprint density at radius 2 is 2.00 bits per heavy atom. The first kappa shape index (κ1) is 20.1. The van der Waals surface area contributed by atoms with Crippen LogP contribution in [0.15, 0.2) is 22.7 Å². The zero-order valence-corrected chi connectivity index (χ0v) is 14.0. The quantitative estimate of drug-likeness (QED) is 0.758. The third kappa shape index (κ3) is 4.79. The van der Waals surface area contributed by atoms with Gasteiger partial charge in [0.2, 0.25) is 0 Å². The van der Waals surface area contributed by atoms with Crippen LogP contribution in [-0.2, 0) is 9.53 Å². The Hall–Kier alpha value is -0.920. The summed E-state index contributed by atoms with van der Waals surface area (Å²) in [5, 5.41) is 0. The van der Waals surface area contributed by atoms with Crippen molar-refractivity contribution in [1.29, 1.82) is 0 Å². The number of nitrogens with two attached hydrogens (primary N) is 1. The van der Waals surface area contributed by atoms with E-state index in [-0.39, 0.29) is 30.3 Å². The van der Waals surface area contributed by atoms with Crippen molar-refractivity contribution in [1.82, 2.24) is 0 Å². The molecule has 8 heteroatoms. The lowest BCUT2D eigenvalue weighted by atomic mass is 10.0. The smallest absolute Gasteiger partial charge is 0.379 e. The van der Waals surface area contributed by atoms with Crippen LogP contribution in [0, 0.1) is 0 Å². The summed E-state index contributed by atoms with van der Waals surface area (Å²) in [7, 11) is 0. The normalized spacial score (nSPS) is 12.3. The van der Waals surface area contributed by atoms with Crippen molar-refractivity contribution in [2.24, 2.45) is 5.73 Å². The first-order chi connectivity index (χ1) is 9.34. The summed E-state index contributed by atoms with van der Waals surface area (Å²) in [4.78, 5) is 11.3. The third-order valence-electron chi connectivity index (χ3n) is 2.54. The summed E-state index contributed by atoms with van der Waals surface area (Å²) < 4.78 is 38.1. The molecule has 1 aromatic rings. The van der Waals surface area contributed by atoms with E-state index in [0.717, 1.165) is 0 Å². The number of hydrogen-bond acceptors (Lipinski definition) is 4. The van der Waals surface area contributed by atoms with Crippen LogP contribution in [-0.4, -0.2) is 25.1 Å². The highest BCUT2D eigenvalue weighted by Gasteiger charge is 2.48. The van der Waals surface area contributed by atoms with Gasteiger partial charge in [0.15, 0.2) is 0 Å². The molecule has 21 heavy (non-hydrogen) atoms. The van der Waals surface area contributed by atoms with Gasteiger partial charge in [-0.25, -0.2) is 4.79 Å². The number of hydrogen-bond donors (Lipinski definition) is 1. The van der Waals surface area contributed by atoms with Crippen molar-refractivity contribution in [3.8, 4) is 5.75 Å². The highest BCUT2D eigenvalue weighted by Crippen LogP contribution is 2.37. The number of rotatable bonds is 6. The van der Waals surface area contributed by atoms with Crippen molar-refractivity contribution in [2.45, 2.75) is 25.8 Å². The van der Waals surface area contributed by atoms with Crippen molar-refractivity contribution in [2.75, 3.05) is 13.2 Å². The molecule has 0 aromatic heterocycles. The topological polar surface area (TPSA) is 61.5 Å². The van der Waals surface area contributed by atoms with Gasteiger partial charge < -0.3 is 15.2 Å². The minimum atomic E-state index is -3.83. The molecule has 2 N–H and O–H groups in total. The summed E-state index contributed by atoms with van der Waals surface area (Å²) in [6.45, 7) is 3.33. The fraction of sp³-hybridized carbons (Fsp3) is 0.462. The summed E-state index contributed by atoms with van der Waals surface area (Å²) in [6, 6.07) is 2.72. The molecule has 0 heterocycles. The number of carbonyl (C=O) groups excluding carboxylic acids is 1. The zero-order chi connectivity index (χ0) is 15.3. The summed E-state index contributed by atoms with van der Waals surface area (Å²) >= 11 is 3.18. The Kier molecular flexibility index (Phi) is 8.13. The molecule has 1 rings (SSSR count). The second-order valence-electron chi connectivity index (χ2n) is 3.94. The van der Waals surface area contributed by atoms with Crippen LogP contribution in [0.1, 0.15) is 25.5 Å². The number of halogens is 4. The van der Waals surface area contributed by atoms with Gasteiger partial charge in [-0.15, -0.1) is 12.4 Å². The molecule has 4 nitrogen and oxygen atoms in total. The van der Waals surface area contributed by atoms with Gasteiger partial charge in [0, 0.05) is 10.0 Å². The number of carbonyl (C=O) groups is 1. The highest BCUT2D eigenvalue weighted by atomic mass is 79.9. The first-order valence-corrected chi connectivity index (χ1v) is 6.86. The van der Waals surface area contributed by atoms with E-state index in [1.165, 1.54) is 19.1 Å². The summed E-state index contributed by atoms with van der Waals surface area (Å²) in [5.74, 6) is -5.26. The lowest BCUT2D eigenvalue weighted by molar-refractivity contribution is -0.174. The van der Waals surface area contributed by atoms with Gasteiger partial charge in [-0.05, 0) is 32.0 Å². The fourth-order valence-electron chi connectivity index (χ4n) is 1.60.